The lowest BCUT2D eigenvalue weighted by molar-refractivity contribution is -0.384. The molecule has 0 bridgehead atoms. The van der Waals surface area contributed by atoms with Gasteiger partial charge in [-0.15, -0.1) is 0 Å². The Hall–Kier alpha value is -2.23. The van der Waals surface area contributed by atoms with Crippen LogP contribution in [0.15, 0.2) is 48.6 Å². The molecule has 4 heteroatoms. The van der Waals surface area contributed by atoms with Crippen molar-refractivity contribution in [2.75, 3.05) is 0 Å². The second-order valence-corrected chi connectivity index (χ2v) is 4.10. The average Bonchev–Trinajstić information content (AvgIpc) is 2.42. The maximum Gasteiger partial charge on any atom is 0.270 e. The van der Waals surface area contributed by atoms with Gasteiger partial charge in [0.25, 0.3) is 5.69 Å². The molecule has 0 spiro atoms. The third kappa shape index (κ3) is 5.29. The molecule has 0 amide bonds. The van der Waals surface area contributed by atoms with Crippen LogP contribution in [0.1, 0.15) is 36.5 Å². The lowest BCUT2D eigenvalue weighted by Crippen LogP contribution is -1.96. The number of nitrogens with zero attached hydrogens (tertiary/aromatic N) is 1. The fourth-order valence-corrected chi connectivity index (χ4v) is 1.51. The van der Waals surface area contributed by atoms with Crippen molar-refractivity contribution in [3.05, 3.63) is 64.2 Å². The van der Waals surface area contributed by atoms with Gasteiger partial charge < -0.3 is 0 Å². The number of carbonyl (C=O) groups excluding carboxylic acids is 1. The van der Waals surface area contributed by atoms with Gasteiger partial charge in [-0.25, -0.2) is 0 Å². The van der Waals surface area contributed by atoms with E-state index >= 15 is 0 Å². The van der Waals surface area contributed by atoms with E-state index in [2.05, 4.69) is 6.92 Å². The quantitative estimate of drug-likeness (QED) is 0.185. The van der Waals surface area contributed by atoms with Crippen molar-refractivity contribution in [2.24, 2.45) is 0 Å². The summed E-state index contributed by atoms with van der Waals surface area (Å²) in [5, 5.41) is 10.6. The number of benzene rings is 1. The Bertz CT molecular complexity index is 504. The first-order chi connectivity index (χ1) is 9.15. The van der Waals surface area contributed by atoms with Gasteiger partial charge in [0.05, 0.1) is 4.92 Å². The molecule has 0 saturated carbocycles. The Morgan fingerprint density at radius 1 is 1.37 bits per heavy atom. The van der Waals surface area contributed by atoms with E-state index in [9.17, 15) is 14.9 Å². The molecule has 19 heavy (non-hydrogen) atoms. The van der Waals surface area contributed by atoms with Gasteiger partial charge in [-0.1, -0.05) is 50.1 Å². The van der Waals surface area contributed by atoms with Gasteiger partial charge in [0, 0.05) is 17.7 Å². The minimum absolute atomic E-state index is 0.0715. The molecule has 0 saturated heterocycles. The minimum Gasteiger partial charge on any atom is -0.289 e. The molecule has 0 heterocycles. The van der Waals surface area contributed by atoms with Gasteiger partial charge in [-0.3, -0.25) is 14.9 Å². The third-order valence-electron chi connectivity index (χ3n) is 2.56. The first-order valence-electron chi connectivity index (χ1n) is 6.27. The van der Waals surface area contributed by atoms with Crippen LogP contribution in [0.5, 0.6) is 0 Å². The Morgan fingerprint density at radius 2 is 2.16 bits per heavy atom. The van der Waals surface area contributed by atoms with Crippen LogP contribution in [0.3, 0.4) is 0 Å². The summed E-state index contributed by atoms with van der Waals surface area (Å²) in [6, 6.07) is 5.73. The number of non-ortho nitro benzene ring substituents is 1. The highest BCUT2D eigenvalue weighted by Crippen LogP contribution is 2.13. The number of nitro benzene ring substituents is 1. The van der Waals surface area contributed by atoms with Crippen LogP contribution in [0, 0.1) is 10.1 Å². The molecular formula is C15H17NO3. The molecule has 0 unspecified atom stereocenters. The smallest absolute Gasteiger partial charge is 0.270 e. The van der Waals surface area contributed by atoms with Crippen LogP contribution in [0.2, 0.25) is 0 Å². The van der Waals surface area contributed by atoms with Crippen molar-refractivity contribution in [2.45, 2.75) is 26.2 Å². The van der Waals surface area contributed by atoms with Gasteiger partial charge in [0.2, 0.25) is 0 Å². The number of ketones is 1. The van der Waals surface area contributed by atoms with Crippen LogP contribution >= 0.6 is 0 Å². The molecule has 0 N–H and O–H groups in total. The molecule has 100 valence electrons. The first kappa shape index (κ1) is 14.8. The summed E-state index contributed by atoms with van der Waals surface area (Å²) in [6.45, 7) is 2.12. The summed E-state index contributed by atoms with van der Waals surface area (Å²) in [5.74, 6) is -0.233. The third-order valence-corrected chi connectivity index (χ3v) is 2.56. The highest BCUT2D eigenvalue weighted by molar-refractivity contribution is 6.05. The van der Waals surface area contributed by atoms with Gasteiger partial charge in [0.1, 0.15) is 0 Å². The van der Waals surface area contributed by atoms with E-state index in [0.717, 1.165) is 19.3 Å². The summed E-state index contributed by atoms with van der Waals surface area (Å²) < 4.78 is 0. The van der Waals surface area contributed by atoms with Gasteiger partial charge >= 0.3 is 0 Å². The number of rotatable bonds is 7. The van der Waals surface area contributed by atoms with Crippen molar-refractivity contribution in [3.63, 3.8) is 0 Å². The fraction of sp³-hybridized carbons (Fsp3) is 0.267. The molecule has 1 aromatic rings. The first-order valence-corrected chi connectivity index (χ1v) is 6.27. The van der Waals surface area contributed by atoms with Crippen LogP contribution in [0.4, 0.5) is 5.69 Å². The molecule has 0 aliphatic carbocycles. The molecule has 0 radical (unpaired) electrons. The second kappa shape index (κ2) is 7.97. The molecule has 1 aromatic carbocycles. The van der Waals surface area contributed by atoms with Gasteiger partial charge in [-0.05, 0) is 12.5 Å². The molecule has 4 nitrogen and oxygen atoms in total. The highest BCUT2D eigenvalue weighted by atomic mass is 16.6. The number of carbonyl (C=O) groups is 1. The van der Waals surface area contributed by atoms with Crippen LogP contribution in [-0.2, 0) is 0 Å². The van der Waals surface area contributed by atoms with Gasteiger partial charge in [-0.2, -0.15) is 0 Å². The molecule has 1 rings (SSSR count). The maximum absolute atomic E-state index is 11.8. The van der Waals surface area contributed by atoms with Crippen LogP contribution in [0.25, 0.3) is 0 Å². The monoisotopic (exact) mass is 259 g/mol. The largest absolute Gasteiger partial charge is 0.289 e. The topological polar surface area (TPSA) is 60.2 Å². The van der Waals surface area contributed by atoms with Crippen molar-refractivity contribution in [3.8, 4) is 0 Å². The molecule has 0 aromatic heterocycles. The van der Waals surface area contributed by atoms with E-state index in [1.54, 1.807) is 12.1 Å². The average molecular weight is 259 g/mol. The van der Waals surface area contributed by atoms with Crippen molar-refractivity contribution >= 4 is 11.5 Å². The highest BCUT2D eigenvalue weighted by Gasteiger charge is 2.08. The zero-order valence-electron chi connectivity index (χ0n) is 10.9. The zero-order chi connectivity index (χ0) is 14.1. The van der Waals surface area contributed by atoms with E-state index in [4.69, 9.17) is 0 Å². The SMILES string of the molecule is CCCC/C=C/C=C/C(=O)c1cccc([N+](=O)[O-])c1. The summed E-state index contributed by atoms with van der Waals surface area (Å²) >= 11 is 0. The summed E-state index contributed by atoms with van der Waals surface area (Å²) in [6.07, 6.45) is 10.2. The minimum atomic E-state index is -0.509. The second-order valence-electron chi connectivity index (χ2n) is 4.10. The number of allylic oxidation sites excluding steroid dienone is 4. The van der Waals surface area contributed by atoms with Crippen molar-refractivity contribution < 1.29 is 9.72 Å². The van der Waals surface area contributed by atoms with Gasteiger partial charge in [0.15, 0.2) is 5.78 Å². The number of unbranched alkanes of at least 4 members (excludes halogenated alkanes) is 2. The van der Waals surface area contributed by atoms with Crippen molar-refractivity contribution in [1.82, 2.24) is 0 Å². The maximum atomic E-state index is 11.8. The van der Waals surface area contributed by atoms with E-state index in [1.807, 2.05) is 12.2 Å². The Kier molecular flexibility index (Phi) is 6.22. The number of hydrogen-bond acceptors (Lipinski definition) is 3. The summed E-state index contributed by atoms with van der Waals surface area (Å²) in [7, 11) is 0. The molecule has 0 aliphatic heterocycles. The normalized spacial score (nSPS) is 11.2. The van der Waals surface area contributed by atoms with E-state index in [0.29, 0.717) is 5.56 Å². The molecule has 0 aliphatic rings. The van der Waals surface area contributed by atoms with E-state index in [-0.39, 0.29) is 11.5 Å². The van der Waals surface area contributed by atoms with Crippen molar-refractivity contribution in [1.29, 1.82) is 0 Å². The Labute approximate surface area is 112 Å². The Balaban J connectivity index is 2.63. The zero-order valence-corrected chi connectivity index (χ0v) is 10.9. The molecule has 0 atom stereocenters. The Morgan fingerprint density at radius 3 is 2.84 bits per heavy atom. The van der Waals surface area contributed by atoms with Crippen LogP contribution in [-0.4, -0.2) is 10.7 Å². The summed E-state index contributed by atoms with van der Waals surface area (Å²) in [4.78, 5) is 21.9. The van der Waals surface area contributed by atoms with E-state index < -0.39 is 4.92 Å². The molecule has 0 fully saturated rings. The lowest BCUT2D eigenvalue weighted by Gasteiger charge is -1.95. The predicted octanol–water partition coefficient (Wildman–Crippen LogP) is 4.08. The number of nitro groups is 1. The predicted molar refractivity (Wildman–Crippen MR) is 75.2 cm³/mol. The fourth-order valence-electron chi connectivity index (χ4n) is 1.51. The molecular weight excluding hydrogens is 242 g/mol. The number of hydrogen-bond donors (Lipinski definition) is 0. The summed E-state index contributed by atoms with van der Waals surface area (Å²) in [5.41, 5.74) is 0.255. The standard InChI is InChI=1S/C15H17NO3/c1-2-3-4-5-6-7-11-15(17)13-9-8-10-14(12-13)16(18)19/h5-12H,2-4H2,1H3/b6-5+,11-7+. The van der Waals surface area contributed by atoms with Crippen LogP contribution < -0.4 is 0 Å². The van der Waals surface area contributed by atoms with E-state index in [1.165, 1.54) is 24.3 Å². The lowest BCUT2D eigenvalue weighted by atomic mass is 10.1.